The van der Waals surface area contributed by atoms with Crippen LogP contribution in [-0.4, -0.2) is 5.91 Å². The van der Waals surface area contributed by atoms with Crippen LogP contribution in [0.25, 0.3) is 0 Å². The molecule has 0 fully saturated rings. The number of halogens is 1. The van der Waals surface area contributed by atoms with Crippen molar-refractivity contribution in [1.29, 1.82) is 0 Å². The highest BCUT2D eigenvalue weighted by Crippen LogP contribution is 2.28. The van der Waals surface area contributed by atoms with Gasteiger partial charge in [0.2, 0.25) is 5.91 Å². The molecule has 1 atom stereocenters. The topological polar surface area (TPSA) is 55.1 Å². The Morgan fingerprint density at radius 2 is 1.90 bits per heavy atom. The maximum absolute atomic E-state index is 11.4. The quantitative estimate of drug-likeness (QED) is 0.890. The van der Waals surface area contributed by atoms with Crippen molar-refractivity contribution in [3.8, 4) is 0 Å². The molecule has 4 heteroatoms. The Balaban J connectivity index is 1.93. The lowest BCUT2D eigenvalue weighted by Crippen LogP contribution is -2.20. The average molecular weight is 287 g/mol. The summed E-state index contributed by atoms with van der Waals surface area (Å²) in [6.45, 7) is 0. The van der Waals surface area contributed by atoms with Crippen molar-refractivity contribution in [1.82, 2.24) is 0 Å². The van der Waals surface area contributed by atoms with Crippen molar-refractivity contribution in [2.24, 2.45) is 5.73 Å². The van der Waals surface area contributed by atoms with Gasteiger partial charge in [0, 0.05) is 17.1 Å². The molecule has 0 saturated heterocycles. The van der Waals surface area contributed by atoms with Gasteiger partial charge in [-0.05, 0) is 41.3 Å². The predicted molar refractivity (Wildman–Crippen MR) is 80.9 cm³/mol. The molecule has 20 heavy (non-hydrogen) atoms. The molecule has 0 aliphatic carbocycles. The van der Waals surface area contributed by atoms with Gasteiger partial charge in [-0.1, -0.05) is 35.9 Å². The number of aryl methyl sites for hydroxylation is 1. The third-order valence-electron chi connectivity index (χ3n) is 3.59. The summed E-state index contributed by atoms with van der Waals surface area (Å²) in [5.41, 5.74) is 10.3. The Hall–Kier alpha value is -1.84. The standard InChI is InChI=1S/C16H15ClN2O/c17-13-3-1-2-11(9-13)16(18)12-4-6-14-10(8-12)5-7-15(20)19-14/h1-4,6,8-9,16H,5,7,18H2,(H,19,20). The summed E-state index contributed by atoms with van der Waals surface area (Å²) in [5.74, 6) is 0.0735. The maximum atomic E-state index is 11.4. The van der Waals surface area contributed by atoms with Crippen molar-refractivity contribution in [3.63, 3.8) is 0 Å². The van der Waals surface area contributed by atoms with E-state index in [9.17, 15) is 4.79 Å². The van der Waals surface area contributed by atoms with Gasteiger partial charge < -0.3 is 11.1 Å². The van der Waals surface area contributed by atoms with Gasteiger partial charge in [0.05, 0.1) is 6.04 Å². The third kappa shape index (κ3) is 2.55. The Bertz CT molecular complexity index is 669. The summed E-state index contributed by atoms with van der Waals surface area (Å²) in [6.07, 6.45) is 1.29. The van der Waals surface area contributed by atoms with E-state index in [1.807, 2.05) is 36.4 Å². The molecule has 102 valence electrons. The minimum atomic E-state index is -0.211. The van der Waals surface area contributed by atoms with Crippen LogP contribution in [0.2, 0.25) is 5.02 Å². The molecule has 1 aliphatic heterocycles. The fourth-order valence-electron chi connectivity index (χ4n) is 2.49. The number of anilines is 1. The molecule has 0 saturated carbocycles. The van der Waals surface area contributed by atoms with Gasteiger partial charge in [-0.3, -0.25) is 4.79 Å². The molecule has 3 nitrogen and oxygen atoms in total. The molecule has 1 heterocycles. The van der Waals surface area contributed by atoms with E-state index >= 15 is 0 Å². The van der Waals surface area contributed by atoms with Crippen LogP contribution in [0.4, 0.5) is 5.69 Å². The highest BCUT2D eigenvalue weighted by Gasteiger charge is 2.17. The zero-order valence-electron chi connectivity index (χ0n) is 10.9. The second kappa shape index (κ2) is 5.27. The summed E-state index contributed by atoms with van der Waals surface area (Å²) in [6, 6.07) is 13.3. The fourth-order valence-corrected chi connectivity index (χ4v) is 2.69. The summed E-state index contributed by atoms with van der Waals surface area (Å²) in [4.78, 5) is 11.4. The van der Waals surface area contributed by atoms with E-state index in [4.69, 9.17) is 17.3 Å². The number of carbonyl (C=O) groups is 1. The zero-order chi connectivity index (χ0) is 14.1. The van der Waals surface area contributed by atoms with E-state index in [2.05, 4.69) is 11.4 Å². The summed E-state index contributed by atoms with van der Waals surface area (Å²) in [5, 5.41) is 3.56. The second-order valence-corrected chi connectivity index (χ2v) is 5.43. The summed E-state index contributed by atoms with van der Waals surface area (Å²) < 4.78 is 0. The number of rotatable bonds is 2. The van der Waals surface area contributed by atoms with Crippen molar-refractivity contribution in [3.05, 3.63) is 64.2 Å². The first-order valence-electron chi connectivity index (χ1n) is 6.57. The molecule has 1 aliphatic rings. The number of carbonyl (C=O) groups excluding carboxylic acids is 1. The van der Waals surface area contributed by atoms with Crippen molar-refractivity contribution in [2.45, 2.75) is 18.9 Å². The first kappa shape index (κ1) is 13.2. The van der Waals surface area contributed by atoms with Crippen molar-refractivity contribution < 1.29 is 4.79 Å². The van der Waals surface area contributed by atoms with Gasteiger partial charge in [0.15, 0.2) is 0 Å². The van der Waals surface area contributed by atoms with Crippen molar-refractivity contribution >= 4 is 23.2 Å². The van der Waals surface area contributed by atoms with Crippen LogP contribution >= 0.6 is 11.6 Å². The van der Waals surface area contributed by atoms with Crippen molar-refractivity contribution in [2.75, 3.05) is 5.32 Å². The van der Waals surface area contributed by atoms with Crippen LogP contribution in [0.5, 0.6) is 0 Å². The van der Waals surface area contributed by atoms with E-state index in [0.29, 0.717) is 11.4 Å². The zero-order valence-corrected chi connectivity index (χ0v) is 11.7. The molecule has 0 bridgehead atoms. The van der Waals surface area contributed by atoms with Crippen LogP contribution in [0.3, 0.4) is 0 Å². The van der Waals surface area contributed by atoms with E-state index in [-0.39, 0.29) is 11.9 Å². The minimum Gasteiger partial charge on any atom is -0.326 e. The molecule has 3 N–H and O–H groups in total. The number of nitrogens with two attached hydrogens (primary N) is 1. The molecule has 1 amide bonds. The van der Waals surface area contributed by atoms with Gasteiger partial charge in [-0.25, -0.2) is 0 Å². The molecule has 1 unspecified atom stereocenters. The van der Waals surface area contributed by atoms with Gasteiger partial charge >= 0.3 is 0 Å². The SMILES string of the molecule is NC(c1cccc(Cl)c1)c1ccc2c(c1)CCC(=O)N2. The summed E-state index contributed by atoms with van der Waals surface area (Å²) in [7, 11) is 0. The smallest absolute Gasteiger partial charge is 0.224 e. The molecule has 3 rings (SSSR count). The van der Waals surface area contributed by atoms with Gasteiger partial charge in [0.1, 0.15) is 0 Å². The Morgan fingerprint density at radius 1 is 1.10 bits per heavy atom. The molecule has 0 spiro atoms. The van der Waals surface area contributed by atoms with Crippen LogP contribution in [0.15, 0.2) is 42.5 Å². The lowest BCUT2D eigenvalue weighted by molar-refractivity contribution is -0.116. The Morgan fingerprint density at radius 3 is 2.70 bits per heavy atom. The largest absolute Gasteiger partial charge is 0.326 e. The summed E-state index contributed by atoms with van der Waals surface area (Å²) >= 11 is 6.00. The molecular weight excluding hydrogens is 272 g/mol. The number of hydrogen-bond donors (Lipinski definition) is 2. The van der Waals surface area contributed by atoms with Gasteiger partial charge in [0.25, 0.3) is 0 Å². The molecule has 0 radical (unpaired) electrons. The number of hydrogen-bond acceptors (Lipinski definition) is 2. The minimum absolute atomic E-state index is 0.0735. The van der Waals surface area contributed by atoms with Crippen LogP contribution in [-0.2, 0) is 11.2 Å². The molecule has 2 aromatic rings. The Kier molecular flexibility index (Phi) is 3.47. The highest BCUT2D eigenvalue weighted by atomic mass is 35.5. The average Bonchev–Trinajstić information content (AvgIpc) is 2.46. The number of benzene rings is 2. The monoisotopic (exact) mass is 286 g/mol. The van der Waals surface area contributed by atoms with E-state index in [1.54, 1.807) is 0 Å². The fraction of sp³-hybridized carbons (Fsp3) is 0.188. The van der Waals surface area contributed by atoms with E-state index in [1.165, 1.54) is 0 Å². The molecular formula is C16H15ClN2O. The number of fused-ring (bicyclic) bond motifs is 1. The number of amides is 1. The second-order valence-electron chi connectivity index (χ2n) is 5.00. The van der Waals surface area contributed by atoms with Crippen LogP contribution in [0.1, 0.15) is 29.2 Å². The lowest BCUT2D eigenvalue weighted by Gasteiger charge is -2.20. The molecule has 2 aromatic carbocycles. The normalized spacial score (nSPS) is 15.4. The van der Waals surface area contributed by atoms with Gasteiger partial charge in [-0.2, -0.15) is 0 Å². The Labute approximate surface area is 122 Å². The van der Waals surface area contributed by atoms with E-state index < -0.39 is 0 Å². The predicted octanol–water partition coefficient (Wildman–Crippen LogP) is 3.27. The van der Waals surface area contributed by atoms with E-state index in [0.717, 1.165) is 28.8 Å². The number of nitrogens with one attached hydrogen (secondary N) is 1. The maximum Gasteiger partial charge on any atom is 0.224 e. The third-order valence-corrected chi connectivity index (χ3v) is 3.83. The lowest BCUT2D eigenvalue weighted by atomic mass is 9.94. The van der Waals surface area contributed by atoms with Gasteiger partial charge in [-0.15, -0.1) is 0 Å². The molecule has 0 aromatic heterocycles. The first-order chi connectivity index (χ1) is 9.63. The van der Waals surface area contributed by atoms with Crippen LogP contribution < -0.4 is 11.1 Å². The first-order valence-corrected chi connectivity index (χ1v) is 6.95. The highest BCUT2D eigenvalue weighted by molar-refractivity contribution is 6.30. The van der Waals surface area contributed by atoms with Crippen LogP contribution in [0, 0.1) is 0 Å².